The van der Waals surface area contributed by atoms with E-state index >= 15 is 0 Å². The van der Waals surface area contributed by atoms with Crippen molar-refractivity contribution in [3.05, 3.63) is 16.1 Å². The van der Waals surface area contributed by atoms with Gasteiger partial charge in [0.2, 0.25) is 0 Å². The van der Waals surface area contributed by atoms with E-state index in [1.54, 1.807) is 11.3 Å². The van der Waals surface area contributed by atoms with Gasteiger partial charge in [-0.3, -0.25) is 0 Å². The monoisotopic (exact) mass is 168 g/mol. The van der Waals surface area contributed by atoms with E-state index < -0.39 is 0 Å². The second kappa shape index (κ2) is 2.91. The maximum atomic E-state index is 4.23. The van der Waals surface area contributed by atoms with Gasteiger partial charge in [0, 0.05) is 4.88 Å². The van der Waals surface area contributed by atoms with Crippen LogP contribution in [0.15, 0.2) is 5.51 Å². The normalized spacial score (nSPS) is 18.3. The maximum absolute atomic E-state index is 4.23. The predicted octanol–water partition coefficient (Wildman–Crippen LogP) is 1.21. The van der Waals surface area contributed by atoms with Gasteiger partial charge < -0.3 is 5.32 Å². The van der Waals surface area contributed by atoms with Gasteiger partial charge in [-0.15, -0.1) is 11.3 Å². The predicted molar refractivity (Wildman–Crippen MR) is 46.9 cm³/mol. The Bertz CT molecular complexity index is 240. The van der Waals surface area contributed by atoms with Gasteiger partial charge in [-0.2, -0.15) is 0 Å². The van der Waals surface area contributed by atoms with Crippen LogP contribution in [0.25, 0.3) is 0 Å². The molecule has 0 spiro atoms. The molecule has 0 aliphatic carbocycles. The smallest absolute Gasteiger partial charge is 0.0797 e. The maximum Gasteiger partial charge on any atom is 0.0797 e. The SMILES string of the molecule is Cc1ncsc1CC1CNC1. The Morgan fingerprint density at radius 3 is 3.00 bits per heavy atom. The van der Waals surface area contributed by atoms with Gasteiger partial charge >= 0.3 is 0 Å². The quantitative estimate of drug-likeness (QED) is 0.718. The van der Waals surface area contributed by atoms with Crippen molar-refractivity contribution in [1.29, 1.82) is 0 Å². The molecule has 1 N–H and O–H groups in total. The van der Waals surface area contributed by atoms with Gasteiger partial charge in [-0.1, -0.05) is 0 Å². The minimum absolute atomic E-state index is 0.870. The molecule has 0 radical (unpaired) electrons. The van der Waals surface area contributed by atoms with E-state index in [9.17, 15) is 0 Å². The molecule has 2 nitrogen and oxygen atoms in total. The Hall–Kier alpha value is -0.410. The third-order valence-corrected chi connectivity index (χ3v) is 3.14. The van der Waals surface area contributed by atoms with Crippen molar-refractivity contribution in [2.75, 3.05) is 13.1 Å². The van der Waals surface area contributed by atoms with Crippen LogP contribution in [0.5, 0.6) is 0 Å². The molecule has 11 heavy (non-hydrogen) atoms. The zero-order chi connectivity index (χ0) is 7.68. The molecule has 2 heterocycles. The number of nitrogens with zero attached hydrogens (tertiary/aromatic N) is 1. The third kappa shape index (κ3) is 1.44. The molecule has 0 aromatic carbocycles. The van der Waals surface area contributed by atoms with Crippen molar-refractivity contribution >= 4 is 11.3 Å². The van der Waals surface area contributed by atoms with Crippen molar-refractivity contribution in [3.8, 4) is 0 Å². The highest BCUT2D eigenvalue weighted by atomic mass is 32.1. The number of nitrogens with one attached hydrogen (secondary N) is 1. The Kier molecular flexibility index (Phi) is 1.92. The van der Waals surface area contributed by atoms with Gasteiger partial charge in [-0.05, 0) is 32.4 Å². The molecule has 0 unspecified atom stereocenters. The van der Waals surface area contributed by atoms with Crippen LogP contribution in [-0.4, -0.2) is 18.1 Å². The first-order valence-electron chi connectivity index (χ1n) is 3.96. The number of hydrogen-bond donors (Lipinski definition) is 1. The molecule has 0 atom stereocenters. The fourth-order valence-electron chi connectivity index (χ4n) is 1.28. The van der Waals surface area contributed by atoms with E-state index in [1.165, 1.54) is 30.1 Å². The second-order valence-electron chi connectivity index (χ2n) is 3.09. The molecule has 0 amide bonds. The zero-order valence-electron chi connectivity index (χ0n) is 6.63. The molecule has 1 aromatic heterocycles. The average Bonchev–Trinajstić information content (AvgIpc) is 2.27. The summed E-state index contributed by atoms with van der Waals surface area (Å²) in [5, 5.41) is 3.28. The summed E-state index contributed by atoms with van der Waals surface area (Å²) in [6.45, 7) is 4.48. The molecule has 3 heteroatoms. The molecule has 60 valence electrons. The molecule has 0 bridgehead atoms. The van der Waals surface area contributed by atoms with Gasteiger partial charge in [-0.25, -0.2) is 4.98 Å². The highest BCUT2D eigenvalue weighted by molar-refractivity contribution is 7.09. The van der Waals surface area contributed by atoms with E-state index in [-0.39, 0.29) is 0 Å². The van der Waals surface area contributed by atoms with Crippen molar-refractivity contribution < 1.29 is 0 Å². The minimum Gasteiger partial charge on any atom is -0.316 e. The van der Waals surface area contributed by atoms with E-state index in [1.807, 2.05) is 5.51 Å². The lowest BCUT2D eigenvalue weighted by Gasteiger charge is -2.26. The largest absolute Gasteiger partial charge is 0.316 e. The molecule has 1 aliphatic rings. The number of thiazole rings is 1. The van der Waals surface area contributed by atoms with Crippen molar-refractivity contribution in [2.24, 2.45) is 5.92 Å². The Balaban J connectivity index is 1.99. The number of aromatic nitrogens is 1. The summed E-state index contributed by atoms with van der Waals surface area (Å²) in [5.74, 6) is 0.870. The lowest BCUT2D eigenvalue weighted by Crippen LogP contribution is -2.42. The van der Waals surface area contributed by atoms with Crippen molar-refractivity contribution in [2.45, 2.75) is 13.3 Å². The van der Waals surface area contributed by atoms with Crippen LogP contribution in [0.1, 0.15) is 10.6 Å². The lowest BCUT2D eigenvalue weighted by atomic mass is 9.98. The summed E-state index contributed by atoms with van der Waals surface area (Å²) in [6, 6.07) is 0. The van der Waals surface area contributed by atoms with E-state index in [2.05, 4.69) is 17.2 Å². The Labute approximate surface area is 70.7 Å². The fraction of sp³-hybridized carbons (Fsp3) is 0.625. The molecule has 1 saturated heterocycles. The van der Waals surface area contributed by atoms with Gasteiger partial charge in [0.25, 0.3) is 0 Å². The van der Waals surface area contributed by atoms with Crippen LogP contribution in [0, 0.1) is 12.8 Å². The van der Waals surface area contributed by atoms with Crippen molar-refractivity contribution in [1.82, 2.24) is 10.3 Å². The van der Waals surface area contributed by atoms with Gasteiger partial charge in [0.1, 0.15) is 0 Å². The average molecular weight is 168 g/mol. The van der Waals surface area contributed by atoms with Crippen molar-refractivity contribution in [3.63, 3.8) is 0 Å². The van der Waals surface area contributed by atoms with Crippen LogP contribution in [0.3, 0.4) is 0 Å². The first kappa shape index (κ1) is 7.25. The summed E-state index contributed by atoms with van der Waals surface area (Å²) in [4.78, 5) is 5.70. The number of rotatable bonds is 2. The number of aryl methyl sites for hydroxylation is 1. The van der Waals surface area contributed by atoms with Gasteiger partial charge in [0.15, 0.2) is 0 Å². The first-order valence-corrected chi connectivity index (χ1v) is 4.84. The van der Waals surface area contributed by atoms with E-state index in [4.69, 9.17) is 0 Å². The zero-order valence-corrected chi connectivity index (χ0v) is 7.45. The van der Waals surface area contributed by atoms with Crippen LogP contribution in [0.2, 0.25) is 0 Å². The molecular weight excluding hydrogens is 156 g/mol. The Morgan fingerprint density at radius 2 is 2.55 bits per heavy atom. The van der Waals surface area contributed by atoms with E-state index in [0.717, 1.165) is 5.92 Å². The summed E-state index contributed by atoms with van der Waals surface area (Å²) in [7, 11) is 0. The van der Waals surface area contributed by atoms with E-state index in [0.29, 0.717) is 0 Å². The van der Waals surface area contributed by atoms with Gasteiger partial charge in [0.05, 0.1) is 11.2 Å². The molecule has 1 aliphatic heterocycles. The third-order valence-electron chi connectivity index (χ3n) is 2.18. The molecule has 1 fully saturated rings. The van der Waals surface area contributed by atoms with Crippen LogP contribution in [0.4, 0.5) is 0 Å². The van der Waals surface area contributed by atoms with Crippen LogP contribution < -0.4 is 5.32 Å². The Morgan fingerprint density at radius 1 is 1.73 bits per heavy atom. The van der Waals surface area contributed by atoms with Crippen LogP contribution in [-0.2, 0) is 6.42 Å². The topological polar surface area (TPSA) is 24.9 Å². The summed E-state index contributed by atoms with van der Waals surface area (Å²) < 4.78 is 0. The molecule has 1 aromatic rings. The standard InChI is InChI=1S/C8H12N2S/c1-6-8(11-5-10-6)2-7-3-9-4-7/h5,7,9H,2-4H2,1H3. The highest BCUT2D eigenvalue weighted by Crippen LogP contribution is 2.18. The minimum atomic E-state index is 0.870. The lowest BCUT2D eigenvalue weighted by molar-refractivity contribution is 0.348. The summed E-state index contributed by atoms with van der Waals surface area (Å²) in [5.41, 5.74) is 3.17. The second-order valence-corrected chi connectivity index (χ2v) is 4.03. The molecule has 0 saturated carbocycles. The van der Waals surface area contributed by atoms with Crippen LogP contribution >= 0.6 is 11.3 Å². The summed E-state index contributed by atoms with van der Waals surface area (Å²) in [6.07, 6.45) is 1.23. The number of hydrogen-bond acceptors (Lipinski definition) is 3. The molecular formula is C8H12N2S. The fourth-order valence-corrected chi connectivity index (χ4v) is 2.17. The summed E-state index contributed by atoms with van der Waals surface area (Å²) >= 11 is 1.79. The first-order chi connectivity index (χ1) is 5.36. The highest BCUT2D eigenvalue weighted by Gasteiger charge is 2.18. The molecule has 2 rings (SSSR count).